The molecule has 3 aromatic rings. The molecule has 0 atom stereocenters. The van der Waals surface area contributed by atoms with E-state index < -0.39 is 0 Å². The van der Waals surface area contributed by atoms with Crippen molar-refractivity contribution in [3.8, 4) is 6.07 Å². The Labute approximate surface area is 169 Å². The van der Waals surface area contributed by atoms with Crippen molar-refractivity contribution in [2.24, 2.45) is 0 Å². The first-order valence-corrected chi connectivity index (χ1v) is 10.3. The van der Waals surface area contributed by atoms with Gasteiger partial charge in [0.25, 0.3) is 0 Å². The molecule has 28 heavy (non-hydrogen) atoms. The number of fused-ring (bicyclic) bond motifs is 2. The molecule has 1 amide bonds. The number of benzene rings is 2. The average molecular weight is 388 g/mol. The zero-order valence-corrected chi connectivity index (χ0v) is 16.8. The van der Waals surface area contributed by atoms with E-state index in [9.17, 15) is 10.1 Å². The predicted octanol–water partition coefficient (Wildman–Crippen LogP) is 4.40. The molecule has 0 bridgehead atoms. The molecule has 1 aliphatic rings. The fraction of sp³-hybridized carbons (Fsp3) is 0.261. The van der Waals surface area contributed by atoms with Crippen LogP contribution in [0.2, 0.25) is 0 Å². The van der Waals surface area contributed by atoms with E-state index in [0.29, 0.717) is 22.9 Å². The number of aromatic nitrogens is 1. The summed E-state index contributed by atoms with van der Waals surface area (Å²) in [6.07, 6.45) is 0.892. The molecule has 2 heterocycles. The maximum atomic E-state index is 12.8. The third-order valence-corrected chi connectivity index (χ3v) is 6.39. The molecule has 0 aliphatic carbocycles. The summed E-state index contributed by atoms with van der Waals surface area (Å²) in [5.74, 6) is 0.381. The Hall–Kier alpha value is -2.84. The minimum Gasteiger partial charge on any atom is -0.337 e. The van der Waals surface area contributed by atoms with E-state index in [0.717, 1.165) is 29.4 Å². The SMILES string of the molecule is Cc1ccc2cc(C#N)c(SCC(=O)N3CCc4ccccc4C3)nc2c1C. The lowest BCUT2D eigenvalue weighted by Crippen LogP contribution is -2.37. The molecule has 0 radical (unpaired) electrons. The van der Waals surface area contributed by atoms with Gasteiger partial charge >= 0.3 is 0 Å². The first-order valence-electron chi connectivity index (χ1n) is 9.35. The van der Waals surface area contributed by atoms with Crippen LogP contribution in [0.15, 0.2) is 47.5 Å². The molecule has 0 fully saturated rings. The highest BCUT2D eigenvalue weighted by molar-refractivity contribution is 8.00. The Kier molecular flexibility index (Phi) is 5.06. The summed E-state index contributed by atoms with van der Waals surface area (Å²) < 4.78 is 0. The quantitative estimate of drug-likeness (QED) is 0.625. The highest BCUT2D eigenvalue weighted by Crippen LogP contribution is 2.28. The molecule has 0 saturated heterocycles. The van der Waals surface area contributed by atoms with E-state index in [2.05, 4.69) is 25.1 Å². The maximum absolute atomic E-state index is 12.8. The van der Waals surface area contributed by atoms with Gasteiger partial charge in [0.05, 0.1) is 16.8 Å². The Morgan fingerprint density at radius 1 is 1.21 bits per heavy atom. The zero-order valence-electron chi connectivity index (χ0n) is 16.0. The van der Waals surface area contributed by atoms with E-state index in [-0.39, 0.29) is 5.91 Å². The smallest absolute Gasteiger partial charge is 0.233 e. The van der Waals surface area contributed by atoms with Gasteiger partial charge in [-0.1, -0.05) is 48.2 Å². The Morgan fingerprint density at radius 3 is 2.79 bits per heavy atom. The van der Waals surface area contributed by atoms with Crippen LogP contribution in [0.5, 0.6) is 0 Å². The van der Waals surface area contributed by atoms with Gasteiger partial charge in [0.15, 0.2) is 0 Å². The van der Waals surface area contributed by atoms with Crippen LogP contribution in [0, 0.1) is 25.2 Å². The number of hydrogen-bond acceptors (Lipinski definition) is 4. The third kappa shape index (κ3) is 3.48. The molecule has 1 aromatic heterocycles. The number of nitrogens with zero attached hydrogens (tertiary/aromatic N) is 3. The monoisotopic (exact) mass is 387 g/mol. The number of rotatable bonds is 3. The van der Waals surface area contributed by atoms with Crippen molar-refractivity contribution in [3.05, 3.63) is 70.3 Å². The van der Waals surface area contributed by atoms with Crippen molar-refractivity contribution in [1.29, 1.82) is 5.26 Å². The highest BCUT2D eigenvalue weighted by atomic mass is 32.2. The summed E-state index contributed by atoms with van der Waals surface area (Å²) in [6.45, 7) is 5.50. The number of pyridine rings is 1. The second-order valence-corrected chi connectivity index (χ2v) is 8.12. The van der Waals surface area contributed by atoms with E-state index in [1.807, 2.05) is 42.2 Å². The van der Waals surface area contributed by atoms with Crippen LogP contribution in [0.4, 0.5) is 0 Å². The van der Waals surface area contributed by atoms with Gasteiger partial charge in [-0.2, -0.15) is 5.26 Å². The van der Waals surface area contributed by atoms with Crippen molar-refractivity contribution in [2.75, 3.05) is 12.3 Å². The third-order valence-electron chi connectivity index (χ3n) is 5.41. The van der Waals surface area contributed by atoms with Crippen LogP contribution in [0.1, 0.15) is 27.8 Å². The summed E-state index contributed by atoms with van der Waals surface area (Å²) in [5.41, 5.74) is 6.26. The van der Waals surface area contributed by atoms with Crippen LogP contribution in [0.3, 0.4) is 0 Å². The van der Waals surface area contributed by atoms with Gasteiger partial charge in [-0.05, 0) is 48.6 Å². The molecule has 0 unspecified atom stereocenters. The standard InChI is InChI=1S/C23H21N3OS/c1-15-7-8-18-11-20(12-24)23(25-22(18)16(15)2)28-14-21(27)26-10-9-17-5-3-4-6-19(17)13-26/h3-8,11H,9-10,13-14H2,1-2H3. The molecule has 2 aromatic carbocycles. The number of carbonyl (C=O) groups is 1. The van der Waals surface area contributed by atoms with Crippen LogP contribution < -0.4 is 0 Å². The van der Waals surface area contributed by atoms with Crippen molar-refractivity contribution in [1.82, 2.24) is 9.88 Å². The van der Waals surface area contributed by atoms with Gasteiger partial charge in [0, 0.05) is 18.5 Å². The first kappa shape index (κ1) is 18.5. The fourth-order valence-corrected chi connectivity index (χ4v) is 4.44. The topological polar surface area (TPSA) is 57.0 Å². The highest BCUT2D eigenvalue weighted by Gasteiger charge is 2.21. The molecule has 140 valence electrons. The van der Waals surface area contributed by atoms with Crippen LogP contribution in [0.25, 0.3) is 10.9 Å². The predicted molar refractivity (Wildman–Crippen MR) is 112 cm³/mol. The van der Waals surface area contributed by atoms with E-state index >= 15 is 0 Å². The molecular weight excluding hydrogens is 366 g/mol. The van der Waals surface area contributed by atoms with E-state index in [4.69, 9.17) is 4.98 Å². The number of hydrogen-bond donors (Lipinski definition) is 0. The second kappa shape index (κ2) is 7.65. The largest absolute Gasteiger partial charge is 0.337 e. The Balaban J connectivity index is 1.53. The lowest BCUT2D eigenvalue weighted by atomic mass is 10.00. The minimum atomic E-state index is 0.0891. The molecule has 0 N–H and O–H groups in total. The van der Waals surface area contributed by atoms with Gasteiger partial charge in [-0.3, -0.25) is 4.79 Å². The second-order valence-electron chi connectivity index (χ2n) is 7.15. The normalized spacial score (nSPS) is 13.2. The molecule has 1 aliphatic heterocycles. The summed E-state index contributed by atoms with van der Waals surface area (Å²) in [4.78, 5) is 19.4. The summed E-state index contributed by atoms with van der Waals surface area (Å²) >= 11 is 1.36. The molecule has 5 heteroatoms. The number of amides is 1. The van der Waals surface area contributed by atoms with E-state index in [1.165, 1.54) is 28.5 Å². The van der Waals surface area contributed by atoms with Gasteiger partial charge in [-0.25, -0.2) is 4.98 Å². The van der Waals surface area contributed by atoms with Crippen LogP contribution in [-0.4, -0.2) is 28.1 Å². The number of carbonyl (C=O) groups excluding carboxylic acids is 1. The molecular formula is C23H21N3OS. The lowest BCUT2D eigenvalue weighted by Gasteiger charge is -2.28. The number of aryl methyl sites for hydroxylation is 2. The zero-order chi connectivity index (χ0) is 19.7. The van der Waals surface area contributed by atoms with Crippen molar-refractivity contribution >= 4 is 28.6 Å². The molecule has 4 rings (SSSR count). The maximum Gasteiger partial charge on any atom is 0.233 e. The molecule has 0 saturated carbocycles. The van der Waals surface area contributed by atoms with Crippen molar-refractivity contribution < 1.29 is 4.79 Å². The molecule has 0 spiro atoms. The van der Waals surface area contributed by atoms with Gasteiger partial charge in [-0.15, -0.1) is 0 Å². The van der Waals surface area contributed by atoms with E-state index in [1.54, 1.807) is 0 Å². The van der Waals surface area contributed by atoms with Gasteiger partial charge in [0.1, 0.15) is 11.1 Å². The average Bonchev–Trinajstić information content (AvgIpc) is 2.73. The van der Waals surface area contributed by atoms with Crippen LogP contribution in [-0.2, 0) is 17.8 Å². The fourth-order valence-electron chi connectivity index (χ4n) is 3.59. The van der Waals surface area contributed by atoms with Crippen molar-refractivity contribution in [2.45, 2.75) is 31.8 Å². The van der Waals surface area contributed by atoms with Crippen LogP contribution >= 0.6 is 11.8 Å². The Morgan fingerprint density at radius 2 is 2.00 bits per heavy atom. The van der Waals surface area contributed by atoms with Crippen molar-refractivity contribution in [3.63, 3.8) is 0 Å². The van der Waals surface area contributed by atoms with Gasteiger partial charge < -0.3 is 4.90 Å². The first-order chi connectivity index (χ1) is 13.6. The summed E-state index contributed by atoms with van der Waals surface area (Å²) in [6, 6.07) is 16.4. The number of nitriles is 1. The molecule has 4 nitrogen and oxygen atoms in total. The Bertz CT molecular complexity index is 1120. The number of thioether (sulfide) groups is 1. The van der Waals surface area contributed by atoms with Gasteiger partial charge in [0.2, 0.25) is 5.91 Å². The minimum absolute atomic E-state index is 0.0891. The summed E-state index contributed by atoms with van der Waals surface area (Å²) in [7, 11) is 0. The summed E-state index contributed by atoms with van der Waals surface area (Å²) in [5, 5.41) is 11.1. The lowest BCUT2D eigenvalue weighted by molar-refractivity contribution is -0.129.